The van der Waals surface area contributed by atoms with Gasteiger partial charge in [0.25, 0.3) is 0 Å². The Balaban J connectivity index is 1.91. The molecule has 22 heavy (non-hydrogen) atoms. The average Bonchev–Trinajstić information content (AvgIpc) is 3.00. The van der Waals surface area contributed by atoms with E-state index in [-0.39, 0.29) is 6.10 Å². The standard InChI is InChI=1S/C18H20O4/c1-12-8-6-7-11-14(12)15-16(17(19)20-2)22-18(21-15)13-9-4-3-5-10-13/h3-11,15-19H,1-2H3. The van der Waals surface area contributed by atoms with Gasteiger partial charge in [-0.3, -0.25) is 0 Å². The van der Waals surface area contributed by atoms with Crippen LogP contribution in [-0.2, 0) is 14.2 Å². The van der Waals surface area contributed by atoms with E-state index in [0.29, 0.717) is 0 Å². The van der Waals surface area contributed by atoms with Crippen molar-refractivity contribution in [3.63, 3.8) is 0 Å². The molecule has 1 saturated heterocycles. The summed E-state index contributed by atoms with van der Waals surface area (Å²) in [6.07, 6.45) is -2.50. The largest absolute Gasteiger partial charge is 0.366 e. The number of hydrogen-bond donors (Lipinski definition) is 1. The molecule has 2 aromatic rings. The number of hydrogen-bond acceptors (Lipinski definition) is 4. The number of rotatable bonds is 4. The summed E-state index contributed by atoms with van der Waals surface area (Å²) < 4.78 is 17.1. The first kappa shape index (κ1) is 15.2. The lowest BCUT2D eigenvalue weighted by Gasteiger charge is -2.22. The maximum absolute atomic E-state index is 10.1. The molecule has 1 fully saturated rings. The number of aliphatic hydroxyl groups excluding tert-OH is 1. The highest BCUT2D eigenvalue weighted by molar-refractivity contribution is 5.30. The normalized spacial score (nSPS) is 26.0. The van der Waals surface area contributed by atoms with Gasteiger partial charge in [-0.1, -0.05) is 54.6 Å². The molecule has 1 aliphatic rings. The van der Waals surface area contributed by atoms with Gasteiger partial charge >= 0.3 is 0 Å². The Morgan fingerprint density at radius 2 is 1.68 bits per heavy atom. The Morgan fingerprint density at radius 3 is 2.36 bits per heavy atom. The van der Waals surface area contributed by atoms with Crippen molar-refractivity contribution >= 4 is 0 Å². The third-order valence-electron chi connectivity index (χ3n) is 3.94. The SMILES string of the molecule is COC(O)C1OC(c2ccccc2)OC1c1ccccc1C. The van der Waals surface area contributed by atoms with E-state index >= 15 is 0 Å². The Morgan fingerprint density at radius 1 is 1.00 bits per heavy atom. The van der Waals surface area contributed by atoms with Crippen LogP contribution in [0, 0.1) is 6.92 Å². The average molecular weight is 300 g/mol. The smallest absolute Gasteiger partial charge is 0.185 e. The molecule has 0 aromatic heterocycles. The van der Waals surface area contributed by atoms with Crippen LogP contribution < -0.4 is 0 Å². The van der Waals surface area contributed by atoms with E-state index in [9.17, 15) is 5.11 Å². The van der Waals surface area contributed by atoms with Crippen LogP contribution >= 0.6 is 0 Å². The van der Waals surface area contributed by atoms with Crippen molar-refractivity contribution in [1.29, 1.82) is 0 Å². The molecule has 4 atom stereocenters. The lowest BCUT2D eigenvalue weighted by Crippen LogP contribution is -2.32. The summed E-state index contributed by atoms with van der Waals surface area (Å²) in [4.78, 5) is 0. The summed E-state index contributed by atoms with van der Waals surface area (Å²) in [5.74, 6) is 0. The summed E-state index contributed by atoms with van der Waals surface area (Å²) in [5.41, 5.74) is 3.02. The highest BCUT2D eigenvalue weighted by atomic mass is 16.8. The minimum absolute atomic E-state index is 0.374. The second kappa shape index (κ2) is 6.58. The monoisotopic (exact) mass is 300 g/mol. The van der Waals surface area contributed by atoms with E-state index in [1.54, 1.807) is 0 Å². The van der Waals surface area contributed by atoms with Crippen molar-refractivity contribution in [2.45, 2.75) is 31.7 Å². The topological polar surface area (TPSA) is 47.9 Å². The molecular formula is C18H20O4. The quantitative estimate of drug-likeness (QED) is 0.881. The Hall–Kier alpha value is -1.72. The first-order valence-electron chi connectivity index (χ1n) is 7.33. The van der Waals surface area contributed by atoms with E-state index in [4.69, 9.17) is 14.2 Å². The number of benzene rings is 2. The second-order valence-electron chi connectivity index (χ2n) is 5.38. The molecule has 4 nitrogen and oxygen atoms in total. The fraction of sp³-hybridized carbons (Fsp3) is 0.333. The Labute approximate surface area is 130 Å². The molecule has 116 valence electrons. The molecule has 0 amide bonds. The van der Waals surface area contributed by atoms with Crippen molar-refractivity contribution in [2.75, 3.05) is 7.11 Å². The molecule has 2 aromatic carbocycles. The molecule has 1 aliphatic heterocycles. The van der Waals surface area contributed by atoms with Crippen LogP contribution in [0.5, 0.6) is 0 Å². The van der Waals surface area contributed by atoms with Gasteiger partial charge in [-0.15, -0.1) is 0 Å². The predicted molar refractivity (Wildman–Crippen MR) is 82.1 cm³/mol. The lowest BCUT2D eigenvalue weighted by molar-refractivity contribution is -0.165. The van der Waals surface area contributed by atoms with Gasteiger partial charge in [0.15, 0.2) is 12.6 Å². The Bertz CT molecular complexity index is 613. The third kappa shape index (κ3) is 2.91. The molecule has 0 radical (unpaired) electrons. The molecule has 0 saturated carbocycles. The van der Waals surface area contributed by atoms with E-state index in [1.807, 2.05) is 61.5 Å². The van der Waals surface area contributed by atoms with E-state index in [0.717, 1.165) is 16.7 Å². The van der Waals surface area contributed by atoms with Crippen LogP contribution in [0.2, 0.25) is 0 Å². The summed E-state index contributed by atoms with van der Waals surface area (Å²) >= 11 is 0. The van der Waals surface area contributed by atoms with Gasteiger partial charge in [0.1, 0.15) is 12.2 Å². The molecule has 1 N–H and O–H groups in total. The fourth-order valence-corrected chi connectivity index (χ4v) is 2.73. The molecule has 4 heteroatoms. The van der Waals surface area contributed by atoms with Gasteiger partial charge in [-0.05, 0) is 18.1 Å². The minimum Gasteiger partial charge on any atom is -0.366 e. The molecular weight excluding hydrogens is 280 g/mol. The minimum atomic E-state index is -1.04. The zero-order valence-corrected chi connectivity index (χ0v) is 12.7. The van der Waals surface area contributed by atoms with E-state index in [2.05, 4.69) is 0 Å². The van der Waals surface area contributed by atoms with Crippen LogP contribution in [0.1, 0.15) is 29.1 Å². The zero-order chi connectivity index (χ0) is 15.5. The van der Waals surface area contributed by atoms with Crippen molar-refractivity contribution in [3.05, 3.63) is 71.3 Å². The number of methoxy groups -OCH3 is 1. The van der Waals surface area contributed by atoms with Crippen LogP contribution in [0.3, 0.4) is 0 Å². The highest BCUT2D eigenvalue weighted by Gasteiger charge is 2.42. The van der Waals surface area contributed by atoms with Gasteiger partial charge in [0.05, 0.1) is 0 Å². The van der Waals surface area contributed by atoms with Crippen molar-refractivity contribution in [3.8, 4) is 0 Å². The van der Waals surface area contributed by atoms with Gasteiger partial charge in [-0.25, -0.2) is 0 Å². The number of aryl methyl sites for hydroxylation is 1. The fourth-order valence-electron chi connectivity index (χ4n) is 2.73. The highest BCUT2D eigenvalue weighted by Crippen LogP contribution is 2.42. The predicted octanol–water partition coefficient (Wildman–Crippen LogP) is 3.12. The first-order valence-corrected chi connectivity index (χ1v) is 7.33. The molecule has 4 unspecified atom stereocenters. The summed E-state index contributed by atoms with van der Waals surface area (Å²) in [5, 5.41) is 10.1. The van der Waals surface area contributed by atoms with Crippen LogP contribution in [0.15, 0.2) is 54.6 Å². The van der Waals surface area contributed by atoms with Crippen molar-refractivity contribution in [1.82, 2.24) is 0 Å². The molecule has 3 rings (SSSR count). The summed E-state index contributed by atoms with van der Waals surface area (Å²) in [6.45, 7) is 2.02. The van der Waals surface area contributed by atoms with Crippen LogP contribution in [0.4, 0.5) is 0 Å². The first-order chi connectivity index (χ1) is 10.7. The Kier molecular flexibility index (Phi) is 4.55. The zero-order valence-electron chi connectivity index (χ0n) is 12.7. The second-order valence-corrected chi connectivity index (χ2v) is 5.38. The van der Waals surface area contributed by atoms with Crippen molar-refractivity contribution < 1.29 is 19.3 Å². The number of ether oxygens (including phenoxy) is 3. The maximum Gasteiger partial charge on any atom is 0.185 e. The number of aliphatic hydroxyl groups is 1. The van der Waals surface area contributed by atoms with Crippen LogP contribution in [-0.4, -0.2) is 24.6 Å². The van der Waals surface area contributed by atoms with Crippen LogP contribution in [0.25, 0.3) is 0 Å². The molecule has 1 heterocycles. The third-order valence-corrected chi connectivity index (χ3v) is 3.94. The molecule has 0 bridgehead atoms. The van der Waals surface area contributed by atoms with Gasteiger partial charge in [0, 0.05) is 12.7 Å². The molecule has 0 aliphatic carbocycles. The van der Waals surface area contributed by atoms with Gasteiger partial charge in [-0.2, -0.15) is 0 Å². The maximum atomic E-state index is 10.1. The summed E-state index contributed by atoms with van der Waals surface area (Å²) in [7, 11) is 1.46. The molecule has 0 spiro atoms. The van der Waals surface area contributed by atoms with Gasteiger partial charge in [0.2, 0.25) is 0 Å². The van der Waals surface area contributed by atoms with E-state index in [1.165, 1.54) is 7.11 Å². The summed E-state index contributed by atoms with van der Waals surface area (Å²) in [6, 6.07) is 17.6. The lowest BCUT2D eigenvalue weighted by atomic mass is 9.99. The van der Waals surface area contributed by atoms with E-state index < -0.39 is 18.7 Å². The van der Waals surface area contributed by atoms with Crippen molar-refractivity contribution in [2.24, 2.45) is 0 Å². The van der Waals surface area contributed by atoms with Gasteiger partial charge < -0.3 is 19.3 Å².